The van der Waals surface area contributed by atoms with Crippen LogP contribution in [-0.4, -0.2) is 39.6 Å². The summed E-state index contributed by atoms with van der Waals surface area (Å²) in [5.41, 5.74) is 1.17. The lowest BCUT2D eigenvalue weighted by molar-refractivity contribution is -0.130. The molecule has 1 fully saturated rings. The molecule has 1 saturated heterocycles. The van der Waals surface area contributed by atoms with Crippen LogP contribution in [0.4, 0.5) is 0 Å². The second-order valence-electron chi connectivity index (χ2n) is 5.89. The highest BCUT2D eigenvalue weighted by atomic mass is 32.2. The second-order valence-corrected chi connectivity index (χ2v) is 8.31. The maximum absolute atomic E-state index is 12.5. The number of thiol groups is 1. The number of rotatable bonds is 3. The van der Waals surface area contributed by atoms with Gasteiger partial charge in [-0.1, -0.05) is 44.2 Å². The van der Waals surface area contributed by atoms with E-state index in [4.69, 9.17) is 0 Å². The van der Waals surface area contributed by atoms with Crippen molar-refractivity contribution in [1.29, 1.82) is 0 Å². The molecule has 2 rings (SSSR count). The molecule has 0 aliphatic carbocycles. The van der Waals surface area contributed by atoms with E-state index < -0.39 is 0 Å². The maximum Gasteiger partial charge on any atom is 0.235 e. The Hall–Kier alpha value is -0.610. The van der Waals surface area contributed by atoms with Crippen molar-refractivity contribution < 1.29 is 4.79 Å². The third-order valence-electron chi connectivity index (χ3n) is 3.71. The van der Waals surface area contributed by atoms with Crippen LogP contribution in [0.5, 0.6) is 0 Å². The van der Waals surface area contributed by atoms with Crippen LogP contribution in [0.15, 0.2) is 30.3 Å². The van der Waals surface area contributed by atoms with Gasteiger partial charge < -0.3 is 4.90 Å². The van der Waals surface area contributed by atoms with E-state index in [1.54, 1.807) is 0 Å². The summed E-state index contributed by atoms with van der Waals surface area (Å²) in [7, 11) is 0. The minimum absolute atomic E-state index is 0.176. The summed E-state index contributed by atoms with van der Waals surface area (Å²) >= 11 is 6.49. The second kappa shape index (κ2) is 6.90. The van der Waals surface area contributed by atoms with Crippen LogP contribution in [0.1, 0.15) is 25.8 Å². The van der Waals surface area contributed by atoms with Crippen molar-refractivity contribution in [3.8, 4) is 0 Å². The summed E-state index contributed by atoms with van der Waals surface area (Å²) in [6.45, 7) is 6.21. The van der Waals surface area contributed by atoms with Crippen molar-refractivity contribution in [3.63, 3.8) is 0 Å². The number of hydrogen-bond donors (Lipinski definition) is 1. The molecule has 1 aliphatic rings. The molecular weight excluding hydrogens is 286 g/mol. The Morgan fingerprint density at radius 3 is 2.75 bits per heavy atom. The van der Waals surface area contributed by atoms with E-state index in [1.165, 1.54) is 5.56 Å². The summed E-state index contributed by atoms with van der Waals surface area (Å²) < 4.78 is 0.278. The minimum atomic E-state index is -0.233. The fraction of sp³-hybridized carbons (Fsp3) is 0.562. The zero-order chi connectivity index (χ0) is 14.6. The molecule has 0 saturated carbocycles. The van der Waals surface area contributed by atoms with Crippen LogP contribution in [0.2, 0.25) is 0 Å². The third-order valence-corrected chi connectivity index (χ3v) is 5.48. The molecule has 1 amide bonds. The van der Waals surface area contributed by atoms with E-state index in [2.05, 4.69) is 38.6 Å². The molecule has 0 bridgehead atoms. The van der Waals surface area contributed by atoms with Gasteiger partial charge in [0.1, 0.15) is 0 Å². The largest absolute Gasteiger partial charge is 0.341 e. The smallest absolute Gasteiger partial charge is 0.235 e. The topological polar surface area (TPSA) is 20.3 Å². The molecule has 0 spiro atoms. The summed E-state index contributed by atoms with van der Waals surface area (Å²) in [5.74, 6) is 1.19. The molecule has 2 nitrogen and oxygen atoms in total. The zero-order valence-corrected chi connectivity index (χ0v) is 13.9. The van der Waals surface area contributed by atoms with Gasteiger partial charge in [-0.25, -0.2) is 0 Å². The quantitative estimate of drug-likeness (QED) is 0.865. The highest BCUT2D eigenvalue weighted by Gasteiger charge is 2.28. The van der Waals surface area contributed by atoms with Crippen LogP contribution in [-0.2, 0) is 11.2 Å². The molecule has 0 N–H and O–H groups in total. The molecule has 0 radical (unpaired) electrons. The fourth-order valence-corrected chi connectivity index (χ4v) is 3.85. The standard InChI is InChI=1S/C16H23NOS2/c1-16(2)8-9-17(10-11-20-16)15(18)14(19)12-13-6-4-3-5-7-13/h3-7,14,19H,8-12H2,1-2H3. The van der Waals surface area contributed by atoms with Gasteiger partial charge in [0.05, 0.1) is 5.25 Å². The number of nitrogens with zero attached hydrogens (tertiary/aromatic N) is 1. The van der Waals surface area contributed by atoms with Gasteiger partial charge in [0, 0.05) is 23.6 Å². The fourth-order valence-electron chi connectivity index (χ4n) is 2.38. The summed E-state index contributed by atoms with van der Waals surface area (Å²) in [6, 6.07) is 10.1. The van der Waals surface area contributed by atoms with E-state index in [-0.39, 0.29) is 15.9 Å². The lowest BCUT2D eigenvalue weighted by Crippen LogP contribution is -2.39. The van der Waals surface area contributed by atoms with Gasteiger partial charge in [0.2, 0.25) is 5.91 Å². The van der Waals surface area contributed by atoms with E-state index in [9.17, 15) is 4.79 Å². The highest BCUT2D eigenvalue weighted by molar-refractivity contribution is 8.00. The van der Waals surface area contributed by atoms with Gasteiger partial charge in [0.25, 0.3) is 0 Å². The molecule has 1 aromatic rings. The van der Waals surface area contributed by atoms with Gasteiger partial charge in [-0.2, -0.15) is 24.4 Å². The molecule has 110 valence electrons. The van der Waals surface area contributed by atoms with Crippen molar-refractivity contribution in [2.45, 2.75) is 36.7 Å². The van der Waals surface area contributed by atoms with Crippen LogP contribution in [0.3, 0.4) is 0 Å². The first-order valence-corrected chi connectivity index (χ1v) is 8.63. The van der Waals surface area contributed by atoms with Gasteiger partial charge in [-0.05, 0) is 18.4 Å². The Morgan fingerprint density at radius 2 is 2.05 bits per heavy atom. The van der Waals surface area contributed by atoms with E-state index in [0.29, 0.717) is 6.42 Å². The number of hydrogen-bond acceptors (Lipinski definition) is 3. The predicted molar refractivity (Wildman–Crippen MR) is 90.7 cm³/mol. The van der Waals surface area contributed by atoms with Crippen LogP contribution in [0, 0.1) is 0 Å². The Kier molecular flexibility index (Phi) is 5.44. The number of carbonyl (C=O) groups is 1. The SMILES string of the molecule is CC1(C)CCN(C(=O)C(S)Cc2ccccc2)CCS1. The van der Waals surface area contributed by atoms with Crippen molar-refractivity contribution in [2.24, 2.45) is 0 Å². The monoisotopic (exact) mass is 309 g/mol. The molecule has 20 heavy (non-hydrogen) atoms. The zero-order valence-electron chi connectivity index (χ0n) is 12.2. The number of benzene rings is 1. The van der Waals surface area contributed by atoms with E-state index >= 15 is 0 Å². The highest BCUT2D eigenvalue weighted by Crippen LogP contribution is 2.31. The first-order chi connectivity index (χ1) is 9.48. The molecule has 4 heteroatoms. The number of thioether (sulfide) groups is 1. The average Bonchev–Trinajstić information content (AvgIpc) is 2.60. The van der Waals surface area contributed by atoms with E-state index in [0.717, 1.165) is 25.3 Å². The van der Waals surface area contributed by atoms with Crippen LogP contribution < -0.4 is 0 Å². The Morgan fingerprint density at radius 1 is 1.35 bits per heavy atom. The first-order valence-electron chi connectivity index (χ1n) is 7.13. The third kappa shape index (κ3) is 4.45. The van der Waals surface area contributed by atoms with Crippen molar-refractivity contribution in [1.82, 2.24) is 4.90 Å². The van der Waals surface area contributed by atoms with Gasteiger partial charge in [0.15, 0.2) is 0 Å². The minimum Gasteiger partial charge on any atom is -0.341 e. The maximum atomic E-state index is 12.5. The molecule has 1 aliphatic heterocycles. The van der Waals surface area contributed by atoms with Gasteiger partial charge >= 0.3 is 0 Å². The average molecular weight is 310 g/mol. The summed E-state index contributed by atoms with van der Waals surface area (Å²) in [5, 5.41) is -0.233. The normalized spacial score (nSPS) is 20.2. The predicted octanol–water partition coefficient (Wildman–Crippen LogP) is 3.27. The van der Waals surface area contributed by atoms with Crippen molar-refractivity contribution in [2.75, 3.05) is 18.8 Å². The Balaban J connectivity index is 1.93. The first kappa shape index (κ1) is 15.8. The molecule has 1 aromatic carbocycles. The number of carbonyl (C=O) groups excluding carboxylic acids is 1. The van der Waals surface area contributed by atoms with Gasteiger partial charge in [-0.3, -0.25) is 4.79 Å². The molecule has 1 unspecified atom stereocenters. The number of amides is 1. The summed E-state index contributed by atoms with van der Waals surface area (Å²) in [6.07, 6.45) is 1.76. The Labute approximate surface area is 131 Å². The van der Waals surface area contributed by atoms with Crippen molar-refractivity contribution >= 4 is 30.3 Å². The van der Waals surface area contributed by atoms with E-state index in [1.807, 2.05) is 34.9 Å². The lowest BCUT2D eigenvalue weighted by Gasteiger charge is -2.25. The molecule has 1 atom stereocenters. The Bertz CT molecular complexity index is 447. The van der Waals surface area contributed by atoms with Crippen molar-refractivity contribution in [3.05, 3.63) is 35.9 Å². The lowest BCUT2D eigenvalue weighted by atomic mass is 10.1. The van der Waals surface area contributed by atoms with Crippen LogP contribution >= 0.6 is 24.4 Å². The summed E-state index contributed by atoms with van der Waals surface area (Å²) in [4.78, 5) is 14.5. The van der Waals surface area contributed by atoms with Crippen LogP contribution in [0.25, 0.3) is 0 Å². The molecule has 1 heterocycles. The molecule has 0 aromatic heterocycles. The molecular formula is C16H23NOS2. The van der Waals surface area contributed by atoms with Gasteiger partial charge in [-0.15, -0.1) is 0 Å².